The molecule has 0 bridgehead atoms. The highest BCUT2D eigenvalue weighted by Gasteiger charge is 2.26. The number of carbonyl (C=O) groups excluding carboxylic acids is 1. The molecule has 0 aliphatic carbocycles. The summed E-state index contributed by atoms with van der Waals surface area (Å²) in [6.45, 7) is 6.88. The maximum Gasteiger partial charge on any atom is 0.348 e. The van der Waals surface area contributed by atoms with Crippen LogP contribution in [0.2, 0.25) is 0 Å². The summed E-state index contributed by atoms with van der Waals surface area (Å²) >= 11 is 1.35. The van der Waals surface area contributed by atoms with E-state index in [2.05, 4.69) is 20.2 Å². The van der Waals surface area contributed by atoms with Crippen molar-refractivity contribution in [3.05, 3.63) is 40.9 Å². The first-order valence-corrected chi connectivity index (χ1v) is 10.4. The van der Waals surface area contributed by atoms with Crippen LogP contribution in [0.5, 0.6) is 0 Å². The van der Waals surface area contributed by atoms with Gasteiger partial charge in [0.05, 0.1) is 24.3 Å². The molecule has 148 valence electrons. The van der Waals surface area contributed by atoms with Gasteiger partial charge in [-0.05, 0) is 57.5 Å². The summed E-state index contributed by atoms with van der Waals surface area (Å²) in [4.78, 5) is 24.9. The Bertz CT molecular complexity index is 948. The number of ether oxygens (including phenoxy) is 1. The van der Waals surface area contributed by atoms with Crippen molar-refractivity contribution in [2.75, 3.05) is 31.6 Å². The molecule has 1 saturated heterocycles. The standard InChI is InChI=1S/C20H24N4O3S/c1-3-26-20(25)17-13(2)16-18(22-12-23-19(16)28-17)21-11-14(15-7-6-10-27-15)24-8-4-5-9-24/h6-7,10,12,14H,3-5,8-9,11H2,1-2H3,(H,21,22,23). The van der Waals surface area contributed by atoms with Crippen molar-refractivity contribution in [1.29, 1.82) is 0 Å². The number of thiophene rings is 1. The lowest BCUT2D eigenvalue weighted by atomic mass is 10.1. The number of hydrogen-bond acceptors (Lipinski definition) is 8. The highest BCUT2D eigenvalue weighted by atomic mass is 32.1. The topological polar surface area (TPSA) is 80.5 Å². The van der Waals surface area contributed by atoms with Crippen LogP contribution in [-0.4, -0.2) is 47.1 Å². The first-order chi connectivity index (χ1) is 13.7. The molecule has 7 nitrogen and oxygen atoms in total. The number of furan rings is 1. The van der Waals surface area contributed by atoms with Gasteiger partial charge in [-0.1, -0.05) is 0 Å². The Morgan fingerprint density at radius 2 is 2.21 bits per heavy atom. The molecule has 1 fully saturated rings. The Kier molecular flexibility index (Phi) is 5.59. The van der Waals surface area contributed by atoms with Gasteiger partial charge in [0.2, 0.25) is 0 Å². The minimum absolute atomic E-state index is 0.144. The van der Waals surface area contributed by atoms with Gasteiger partial charge < -0.3 is 14.5 Å². The van der Waals surface area contributed by atoms with Crippen molar-refractivity contribution in [3.63, 3.8) is 0 Å². The second-order valence-corrected chi connectivity index (χ2v) is 7.83. The molecule has 1 aliphatic heterocycles. The fraction of sp³-hybridized carbons (Fsp3) is 0.450. The molecule has 1 atom stereocenters. The predicted molar refractivity (Wildman–Crippen MR) is 109 cm³/mol. The van der Waals surface area contributed by atoms with Crippen molar-refractivity contribution < 1.29 is 13.9 Å². The van der Waals surface area contributed by atoms with Gasteiger partial charge in [-0.2, -0.15) is 0 Å². The van der Waals surface area contributed by atoms with E-state index in [0.717, 1.165) is 40.4 Å². The maximum absolute atomic E-state index is 12.2. The van der Waals surface area contributed by atoms with E-state index in [1.54, 1.807) is 13.2 Å². The van der Waals surface area contributed by atoms with E-state index in [9.17, 15) is 4.79 Å². The van der Waals surface area contributed by atoms with Crippen LogP contribution in [0.15, 0.2) is 29.1 Å². The van der Waals surface area contributed by atoms with Crippen LogP contribution >= 0.6 is 11.3 Å². The van der Waals surface area contributed by atoms with Crippen LogP contribution in [0.25, 0.3) is 10.2 Å². The Balaban J connectivity index is 1.61. The van der Waals surface area contributed by atoms with E-state index < -0.39 is 0 Å². The van der Waals surface area contributed by atoms with E-state index in [0.29, 0.717) is 18.0 Å². The van der Waals surface area contributed by atoms with E-state index in [1.165, 1.54) is 30.5 Å². The molecule has 1 N–H and O–H groups in total. The summed E-state index contributed by atoms with van der Waals surface area (Å²) in [5, 5.41) is 4.36. The highest BCUT2D eigenvalue weighted by Crippen LogP contribution is 2.34. The first-order valence-electron chi connectivity index (χ1n) is 9.61. The number of aromatic nitrogens is 2. The third kappa shape index (κ3) is 3.62. The summed E-state index contributed by atoms with van der Waals surface area (Å²) in [6, 6.07) is 4.09. The molecule has 8 heteroatoms. The largest absolute Gasteiger partial charge is 0.468 e. The van der Waals surface area contributed by atoms with Crippen molar-refractivity contribution in [2.45, 2.75) is 32.7 Å². The zero-order valence-electron chi connectivity index (χ0n) is 16.1. The summed E-state index contributed by atoms with van der Waals surface area (Å²) < 4.78 is 10.9. The zero-order valence-corrected chi connectivity index (χ0v) is 16.9. The normalized spacial score (nSPS) is 15.8. The molecule has 0 saturated carbocycles. The Morgan fingerprint density at radius 1 is 1.39 bits per heavy atom. The highest BCUT2D eigenvalue weighted by molar-refractivity contribution is 7.20. The fourth-order valence-corrected chi connectivity index (χ4v) is 4.78. The second kappa shape index (κ2) is 8.28. The number of nitrogens with one attached hydrogen (secondary N) is 1. The second-order valence-electron chi connectivity index (χ2n) is 6.83. The van der Waals surface area contributed by atoms with Crippen LogP contribution in [-0.2, 0) is 4.74 Å². The number of rotatable bonds is 7. The monoisotopic (exact) mass is 400 g/mol. The smallest absolute Gasteiger partial charge is 0.348 e. The van der Waals surface area contributed by atoms with Crippen LogP contribution in [0, 0.1) is 6.92 Å². The third-order valence-electron chi connectivity index (χ3n) is 5.10. The fourth-order valence-electron chi connectivity index (χ4n) is 3.73. The summed E-state index contributed by atoms with van der Waals surface area (Å²) in [6.07, 6.45) is 5.67. The number of anilines is 1. The SMILES string of the molecule is CCOC(=O)c1sc2ncnc(NCC(c3ccco3)N3CCCC3)c2c1C. The Labute approximate surface area is 167 Å². The van der Waals surface area contributed by atoms with E-state index in [1.807, 2.05) is 19.1 Å². The van der Waals surface area contributed by atoms with Gasteiger partial charge in [0.1, 0.15) is 27.6 Å². The molecule has 0 amide bonds. The van der Waals surface area contributed by atoms with Gasteiger partial charge >= 0.3 is 5.97 Å². The molecule has 3 aromatic rings. The number of fused-ring (bicyclic) bond motifs is 1. The molecule has 3 aromatic heterocycles. The lowest BCUT2D eigenvalue weighted by Crippen LogP contribution is -2.31. The van der Waals surface area contributed by atoms with Gasteiger partial charge in [0.15, 0.2) is 0 Å². The molecule has 1 unspecified atom stereocenters. The maximum atomic E-state index is 12.2. The summed E-state index contributed by atoms with van der Waals surface area (Å²) in [7, 11) is 0. The Morgan fingerprint density at radius 3 is 2.93 bits per heavy atom. The number of nitrogens with zero attached hydrogens (tertiary/aromatic N) is 3. The van der Waals surface area contributed by atoms with Gasteiger partial charge in [0, 0.05) is 6.54 Å². The van der Waals surface area contributed by atoms with Gasteiger partial charge in [-0.3, -0.25) is 4.90 Å². The average Bonchev–Trinajstić information content (AvgIpc) is 3.44. The molecule has 4 heterocycles. The average molecular weight is 401 g/mol. The zero-order chi connectivity index (χ0) is 19.5. The van der Waals surface area contributed by atoms with Crippen LogP contribution in [0.1, 0.15) is 46.8 Å². The molecule has 0 aromatic carbocycles. The number of aryl methyl sites for hydroxylation is 1. The molecule has 4 rings (SSSR count). The first kappa shape index (κ1) is 18.9. The molecular weight excluding hydrogens is 376 g/mol. The molecule has 0 radical (unpaired) electrons. The van der Waals surface area contributed by atoms with Crippen molar-refractivity contribution >= 4 is 33.3 Å². The van der Waals surface area contributed by atoms with Crippen molar-refractivity contribution in [3.8, 4) is 0 Å². The molecule has 28 heavy (non-hydrogen) atoms. The minimum Gasteiger partial charge on any atom is -0.468 e. The quantitative estimate of drug-likeness (QED) is 0.600. The Hall–Kier alpha value is -2.45. The lowest BCUT2D eigenvalue weighted by molar-refractivity contribution is 0.0531. The van der Waals surface area contributed by atoms with Crippen LogP contribution < -0.4 is 5.32 Å². The third-order valence-corrected chi connectivity index (χ3v) is 6.28. The summed E-state index contributed by atoms with van der Waals surface area (Å²) in [5.74, 6) is 1.39. The number of carbonyl (C=O) groups is 1. The number of likely N-dealkylation sites (tertiary alicyclic amines) is 1. The predicted octanol–water partition coefficient (Wildman–Crippen LogP) is 4.02. The van der Waals surface area contributed by atoms with Crippen LogP contribution in [0.4, 0.5) is 5.82 Å². The van der Waals surface area contributed by atoms with E-state index >= 15 is 0 Å². The van der Waals surface area contributed by atoms with Gasteiger partial charge in [0.25, 0.3) is 0 Å². The number of hydrogen-bond donors (Lipinski definition) is 1. The van der Waals surface area contributed by atoms with Gasteiger partial charge in [-0.25, -0.2) is 14.8 Å². The van der Waals surface area contributed by atoms with Crippen molar-refractivity contribution in [2.24, 2.45) is 0 Å². The van der Waals surface area contributed by atoms with E-state index in [-0.39, 0.29) is 12.0 Å². The molecular formula is C20H24N4O3S. The van der Waals surface area contributed by atoms with E-state index in [4.69, 9.17) is 9.15 Å². The minimum atomic E-state index is -0.306. The van der Waals surface area contributed by atoms with Crippen molar-refractivity contribution in [1.82, 2.24) is 14.9 Å². The van der Waals surface area contributed by atoms with Crippen LogP contribution in [0.3, 0.4) is 0 Å². The van der Waals surface area contributed by atoms with Gasteiger partial charge in [-0.15, -0.1) is 11.3 Å². The summed E-state index contributed by atoms with van der Waals surface area (Å²) in [5.41, 5.74) is 0.859. The lowest BCUT2D eigenvalue weighted by Gasteiger charge is -2.26. The number of esters is 1. The molecule has 1 aliphatic rings. The molecule has 0 spiro atoms.